The molecule has 1 N–H and O–H groups in total. The normalized spacial score (nSPS) is 13.4. The smallest absolute Gasteiger partial charge is 0.316 e. The second-order valence-corrected chi connectivity index (χ2v) is 7.27. The number of hydrogen-bond acceptors (Lipinski definition) is 4. The Labute approximate surface area is 156 Å². The molecule has 6 heteroatoms. The van der Waals surface area contributed by atoms with Gasteiger partial charge >= 0.3 is 6.03 Å². The fraction of sp³-hybridized carbons (Fsp3) is 0.250. The lowest BCUT2D eigenvalue weighted by Gasteiger charge is -2.21. The monoisotopic (exact) mass is 364 g/mol. The van der Waals surface area contributed by atoms with E-state index in [1.165, 1.54) is 16.9 Å². The van der Waals surface area contributed by atoms with E-state index < -0.39 is 0 Å². The molecule has 2 aromatic heterocycles. The van der Waals surface area contributed by atoms with Gasteiger partial charge in [0, 0.05) is 24.0 Å². The van der Waals surface area contributed by atoms with E-state index >= 15 is 0 Å². The van der Waals surface area contributed by atoms with E-state index in [1.54, 1.807) is 6.20 Å². The number of anilines is 1. The molecule has 0 saturated heterocycles. The standard InChI is InChI=1S/C20H20N4OS/c25-20(24(18-9-10-18)13-16-8-4-5-11-21-16)23-19-22-17(14-26-19)12-15-6-2-1-3-7-15/h1-8,11,14,18H,9-10,12-13H2,(H,22,23,25). The molecule has 4 rings (SSSR count). The van der Waals surface area contributed by atoms with E-state index in [0.29, 0.717) is 17.7 Å². The molecule has 1 fully saturated rings. The summed E-state index contributed by atoms with van der Waals surface area (Å²) in [4.78, 5) is 23.5. The zero-order chi connectivity index (χ0) is 17.8. The van der Waals surface area contributed by atoms with Crippen LogP contribution in [-0.4, -0.2) is 26.9 Å². The second-order valence-electron chi connectivity index (χ2n) is 6.42. The maximum atomic E-state index is 12.7. The van der Waals surface area contributed by atoms with Crippen LogP contribution >= 0.6 is 11.3 Å². The van der Waals surface area contributed by atoms with E-state index in [1.807, 2.05) is 46.7 Å². The molecule has 26 heavy (non-hydrogen) atoms. The molecular formula is C20H20N4OS. The summed E-state index contributed by atoms with van der Waals surface area (Å²) in [5.41, 5.74) is 3.09. The third-order valence-electron chi connectivity index (χ3n) is 4.30. The first-order chi connectivity index (χ1) is 12.8. The summed E-state index contributed by atoms with van der Waals surface area (Å²) in [7, 11) is 0. The van der Waals surface area contributed by atoms with Crippen molar-refractivity contribution in [2.45, 2.75) is 31.8 Å². The molecule has 5 nitrogen and oxygen atoms in total. The SMILES string of the molecule is O=C(Nc1nc(Cc2ccccc2)cs1)N(Cc1ccccn1)C1CC1. The summed E-state index contributed by atoms with van der Waals surface area (Å²) in [5, 5.41) is 5.61. The highest BCUT2D eigenvalue weighted by Crippen LogP contribution is 2.29. The molecule has 2 amide bonds. The van der Waals surface area contributed by atoms with Crippen LogP contribution in [0.1, 0.15) is 29.8 Å². The zero-order valence-corrected chi connectivity index (χ0v) is 15.2. The van der Waals surface area contributed by atoms with Crippen LogP contribution in [0.15, 0.2) is 60.1 Å². The van der Waals surface area contributed by atoms with Gasteiger partial charge in [-0.1, -0.05) is 36.4 Å². The van der Waals surface area contributed by atoms with Crippen LogP contribution in [-0.2, 0) is 13.0 Å². The Kier molecular flexibility index (Phi) is 4.93. The first-order valence-corrected chi connectivity index (χ1v) is 9.62. The maximum absolute atomic E-state index is 12.7. The molecule has 0 radical (unpaired) electrons. The number of carbonyl (C=O) groups excluding carboxylic acids is 1. The molecule has 1 aromatic carbocycles. The molecule has 0 aliphatic heterocycles. The minimum Gasteiger partial charge on any atom is -0.316 e. The molecule has 3 aromatic rings. The summed E-state index contributed by atoms with van der Waals surface area (Å²) in [6.07, 6.45) is 4.64. The van der Waals surface area contributed by atoms with Crippen molar-refractivity contribution >= 4 is 22.5 Å². The van der Waals surface area contributed by atoms with Gasteiger partial charge in [0.15, 0.2) is 5.13 Å². The fourth-order valence-electron chi connectivity index (χ4n) is 2.83. The number of carbonyl (C=O) groups is 1. The van der Waals surface area contributed by atoms with Gasteiger partial charge in [0.2, 0.25) is 0 Å². The van der Waals surface area contributed by atoms with Crippen LogP contribution in [0.2, 0.25) is 0 Å². The van der Waals surface area contributed by atoms with Gasteiger partial charge in [-0.15, -0.1) is 11.3 Å². The molecule has 0 unspecified atom stereocenters. The van der Waals surface area contributed by atoms with E-state index in [-0.39, 0.29) is 6.03 Å². The van der Waals surface area contributed by atoms with Crippen molar-refractivity contribution in [1.82, 2.24) is 14.9 Å². The molecular weight excluding hydrogens is 344 g/mol. The predicted octanol–water partition coefficient (Wildman–Crippen LogP) is 4.33. The summed E-state index contributed by atoms with van der Waals surface area (Å²) in [6, 6.07) is 16.2. The molecule has 132 valence electrons. The number of nitrogens with one attached hydrogen (secondary N) is 1. The van der Waals surface area contributed by atoms with Crippen molar-refractivity contribution in [3.05, 3.63) is 77.1 Å². The maximum Gasteiger partial charge on any atom is 0.324 e. The highest BCUT2D eigenvalue weighted by Gasteiger charge is 2.33. The Morgan fingerprint density at radius 3 is 2.65 bits per heavy atom. The third-order valence-corrected chi connectivity index (χ3v) is 5.11. The molecule has 1 saturated carbocycles. The molecule has 0 atom stereocenters. The van der Waals surface area contributed by atoms with Gasteiger partial charge in [0.05, 0.1) is 17.9 Å². The number of hydrogen-bond donors (Lipinski definition) is 1. The van der Waals surface area contributed by atoms with Crippen LogP contribution in [0.25, 0.3) is 0 Å². The van der Waals surface area contributed by atoms with Crippen LogP contribution in [0.3, 0.4) is 0 Å². The van der Waals surface area contributed by atoms with Gasteiger partial charge in [0.25, 0.3) is 0 Å². The Balaban J connectivity index is 1.40. The van der Waals surface area contributed by atoms with Gasteiger partial charge in [-0.05, 0) is 30.5 Å². The minimum absolute atomic E-state index is 0.0984. The lowest BCUT2D eigenvalue weighted by Crippen LogP contribution is -2.36. The number of pyridine rings is 1. The van der Waals surface area contributed by atoms with Crippen molar-refractivity contribution in [3.8, 4) is 0 Å². The first kappa shape index (κ1) is 16.7. The van der Waals surface area contributed by atoms with E-state index in [9.17, 15) is 4.79 Å². The zero-order valence-electron chi connectivity index (χ0n) is 14.3. The third kappa shape index (κ3) is 4.26. The number of benzene rings is 1. The molecule has 1 aliphatic rings. The van der Waals surface area contributed by atoms with Gasteiger partial charge in [0.1, 0.15) is 0 Å². The van der Waals surface area contributed by atoms with Crippen LogP contribution in [0.5, 0.6) is 0 Å². The van der Waals surface area contributed by atoms with Gasteiger partial charge < -0.3 is 4.90 Å². The average molecular weight is 364 g/mol. The van der Waals surface area contributed by atoms with Crippen molar-refractivity contribution in [2.75, 3.05) is 5.32 Å². The Hall–Kier alpha value is -2.73. The van der Waals surface area contributed by atoms with E-state index in [4.69, 9.17) is 0 Å². The summed E-state index contributed by atoms with van der Waals surface area (Å²) < 4.78 is 0. The largest absolute Gasteiger partial charge is 0.324 e. The topological polar surface area (TPSA) is 58.1 Å². The number of urea groups is 1. The highest BCUT2D eigenvalue weighted by molar-refractivity contribution is 7.13. The average Bonchev–Trinajstić information content (AvgIpc) is 3.42. The quantitative estimate of drug-likeness (QED) is 0.708. The molecule has 2 heterocycles. The summed E-state index contributed by atoms with van der Waals surface area (Å²) in [6.45, 7) is 0.527. The van der Waals surface area contributed by atoms with Crippen molar-refractivity contribution < 1.29 is 4.79 Å². The Bertz CT molecular complexity index is 862. The van der Waals surface area contributed by atoms with Crippen molar-refractivity contribution in [3.63, 3.8) is 0 Å². The lowest BCUT2D eigenvalue weighted by atomic mass is 10.1. The number of thiazole rings is 1. The minimum atomic E-state index is -0.0984. The molecule has 1 aliphatic carbocycles. The van der Waals surface area contributed by atoms with E-state index in [0.717, 1.165) is 30.7 Å². The van der Waals surface area contributed by atoms with Crippen molar-refractivity contribution in [1.29, 1.82) is 0 Å². The Morgan fingerprint density at radius 2 is 1.92 bits per heavy atom. The number of amides is 2. The second kappa shape index (κ2) is 7.66. The number of nitrogens with zero attached hydrogens (tertiary/aromatic N) is 3. The molecule has 0 bridgehead atoms. The van der Waals surface area contributed by atoms with Crippen LogP contribution in [0, 0.1) is 0 Å². The summed E-state index contributed by atoms with van der Waals surface area (Å²) in [5.74, 6) is 0. The highest BCUT2D eigenvalue weighted by atomic mass is 32.1. The van der Waals surface area contributed by atoms with Crippen LogP contribution < -0.4 is 5.32 Å². The lowest BCUT2D eigenvalue weighted by molar-refractivity contribution is 0.205. The van der Waals surface area contributed by atoms with Gasteiger partial charge in [-0.25, -0.2) is 9.78 Å². The Morgan fingerprint density at radius 1 is 1.12 bits per heavy atom. The fourth-order valence-corrected chi connectivity index (χ4v) is 3.53. The summed E-state index contributed by atoms with van der Waals surface area (Å²) >= 11 is 1.47. The first-order valence-electron chi connectivity index (χ1n) is 8.74. The van der Waals surface area contributed by atoms with Crippen LogP contribution in [0.4, 0.5) is 9.93 Å². The van der Waals surface area contributed by atoms with Crippen molar-refractivity contribution in [2.24, 2.45) is 0 Å². The van der Waals surface area contributed by atoms with Gasteiger partial charge in [-0.3, -0.25) is 10.3 Å². The predicted molar refractivity (Wildman–Crippen MR) is 103 cm³/mol. The number of rotatable bonds is 6. The number of aromatic nitrogens is 2. The molecule has 0 spiro atoms. The van der Waals surface area contributed by atoms with E-state index in [2.05, 4.69) is 27.4 Å². The van der Waals surface area contributed by atoms with Gasteiger partial charge in [-0.2, -0.15) is 0 Å².